The summed E-state index contributed by atoms with van der Waals surface area (Å²) in [6.45, 7) is 4.61. The number of fused-ring (bicyclic) bond motifs is 1. The fourth-order valence-electron chi connectivity index (χ4n) is 3.04. The summed E-state index contributed by atoms with van der Waals surface area (Å²) in [5.74, 6) is -0.628. The van der Waals surface area contributed by atoms with E-state index in [9.17, 15) is 9.18 Å². The summed E-state index contributed by atoms with van der Waals surface area (Å²) in [6, 6.07) is 6.88. The molecule has 0 saturated carbocycles. The molecule has 3 rings (SSSR count). The standard InChI is InChI=1S/C17H18FNOS/c1-3-15-12-7-9-21-16(12)6-8-19(15)17(20)13-10-11(2)4-5-14(13)18/h4-5,7,9-10,15H,3,6,8H2,1-2H3. The van der Waals surface area contributed by atoms with Gasteiger partial charge in [0.15, 0.2) is 0 Å². The number of benzene rings is 1. The Hall–Kier alpha value is -1.68. The quantitative estimate of drug-likeness (QED) is 0.808. The number of amides is 1. The molecule has 1 unspecified atom stereocenters. The molecule has 0 radical (unpaired) electrons. The van der Waals surface area contributed by atoms with Crippen LogP contribution in [0.1, 0.15) is 45.7 Å². The van der Waals surface area contributed by atoms with Crippen molar-refractivity contribution in [1.29, 1.82) is 0 Å². The van der Waals surface area contributed by atoms with Crippen LogP contribution in [0.15, 0.2) is 29.6 Å². The summed E-state index contributed by atoms with van der Waals surface area (Å²) in [6.07, 6.45) is 1.71. The van der Waals surface area contributed by atoms with E-state index in [1.807, 2.05) is 11.8 Å². The second kappa shape index (κ2) is 5.60. The number of thiophene rings is 1. The molecule has 1 amide bonds. The molecular weight excluding hydrogens is 285 g/mol. The van der Waals surface area contributed by atoms with Crippen LogP contribution in [-0.4, -0.2) is 17.4 Å². The van der Waals surface area contributed by atoms with E-state index in [1.54, 1.807) is 23.5 Å². The average molecular weight is 303 g/mol. The van der Waals surface area contributed by atoms with Crippen LogP contribution in [0.3, 0.4) is 0 Å². The van der Waals surface area contributed by atoms with Crippen molar-refractivity contribution < 1.29 is 9.18 Å². The Morgan fingerprint density at radius 3 is 3.00 bits per heavy atom. The van der Waals surface area contributed by atoms with Gasteiger partial charge in [-0.15, -0.1) is 11.3 Å². The third kappa shape index (κ3) is 2.48. The number of aryl methyl sites for hydroxylation is 1. The Bertz CT molecular complexity index is 679. The fraction of sp³-hybridized carbons (Fsp3) is 0.353. The number of halogens is 1. The summed E-state index contributed by atoms with van der Waals surface area (Å²) >= 11 is 1.75. The minimum absolute atomic E-state index is 0.0624. The summed E-state index contributed by atoms with van der Waals surface area (Å²) in [5, 5.41) is 2.08. The lowest BCUT2D eigenvalue weighted by Crippen LogP contribution is -2.39. The Morgan fingerprint density at radius 2 is 2.24 bits per heavy atom. The van der Waals surface area contributed by atoms with Crippen LogP contribution >= 0.6 is 11.3 Å². The normalized spacial score (nSPS) is 17.7. The molecule has 0 aliphatic carbocycles. The molecule has 1 aromatic carbocycles. The van der Waals surface area contributed by atoms with Gasteiger partial charge in [-0.05, 0) is 48.9 Å². The molecule has 4 heteroatoms. The predicted octanol–water partition coefficient (Wildman–Crippen LogP) is 4.35. The van der Waals surface area contributed by atoms with Gasteiger partial charge in [-0.3, -0.25) is 4.79 Å². The SMILES string of the molecule is CCC1c2ccsc2CCN1C(=O)c1cc(C)ccc1F. The van der Waals surface area contributed by atoms with Gasteiger partial charge in [0, 0.05) is 11.4 Å². The van der Waals surface area contributed by atoms with Crippen LogP contribution in [0.4, 0.5) is 4.39 Å². The number of carbonyl (C=O) groups excluding carboxylic acids is 1. The van der Waals surface area contributed by atoms with Crippen molar-refractivity contribution in [2.75, 3.05) is 6.54 Å². The number of hydrogen-bond donors (Lipinski definition) is 0. The predicted molar refractivity (Wildman–Crippen MR) is 83.2 cm³/mol. The molecule has 1 aliphatic rings. The molecule has 0 fully saturated rings. The molecule has 110 valence electrons. The fourth-order valence-corrected chi connectivity index (χ4v) is 3.97. The molecule has 2 aromatic rings. The van der Waals surface area contributed by atoms with Gasteiger partial charge in [0.2, 0.25) is 0 Å². The summed E-state index contributed by atoms with van der Waals surface area (Å²) in [5.41, 5.74) is 2.32. The van der Waals surface area contributed by atoms with E-state index in [-0.39, 0.29) is 17.5 Å². The van der Waals surface area contributed by atoms with E-state index in [0.29, 0.717) is 6.54 Å². The molecule has 21 heavy (non-hydrogen) atoms. The van der Waals surface area contributed by atoms with Crippen molar-refractivity contribution in [2.24, 2.45) is 0 Å². The van der Waals surface area contributed by atoms with Crippen LogP contribution < -0.4 is 0 Å². The molecule has 1 aliphatic heterocycles. The van der Waals surface area contributed by atoms with Crippen molar-refractivity contribution in [3.8, 4) is 0 Å². The zero-order valence-electron chi connectivity index (χ0n) is 12.2. The minimum atomic E-state index is -0.434. The van der Waals surface area contributed by atoms with Gasteiger partial charge >= 0.3 is 0 Å². The van der Waals surface area contributed by atoms with Crippen LogP contribution in [0.2, 0.25) is 0 Å². The Kier molecular flexibility index (Phi) is 3.81. The van der Waals surface area contributed by atoms with Gasteiger partial charge < -0.3 is 4.90 Å². The molecule has 0 bridgehead atoms. The van der Waals surface area contributed by atoms with E-state index in [0.717, 1.165) is 18.4 Å². The Morgan fingerprint density at radius 1 is 1.43 bits per heavy atom. The van der Waals surface area contributed by atoms with E-state index in [4.69, 9.17) is 0 Å². The maximum Gasteiger partial charge on any atom is 0.257 e. The Labute approximate surface area is 128 Å². The van der Waals surface area contributed by atoms with Gasteiger partial charge in [-0.2, -0.15) is 0 Å². The summed E-state index contributed by atoms with van der Waals surface area (Å²) in [7, 11) is 0. The van der Waals surface area contributed by atoms with E-state index >= 15 is 0 Å². The van der Waals surface area contributed by atoms with Gasteiger partial charge in [0.25, 0.3) is 5.91 Å². The van der Waals surface area contributed by atoms with E-state index in [2.05, 4.69) is 18.4 Å². The van der Waals surface area contributed by atoms with E-state index in [1.165, 1.54) is 16.5 Å². The first-order valence-corrected chi connectivity index (χ1v) is 8.13. The first kappa shape index (κ1) is 14.3. The van der Waals surface area contributed by atoms with Crippen molar-refractivity contribution in [3.63, 3.8) is 0 Å². The van der Waals surface area contributed by atoms with Crippen molar-refractivity contribution in [1.82, 2.24) is 4.90 Å². The molecule has 2 heterocycles. The second-order valence-electron chi connectivity index (χ2n) is 5.46. The maximum absolute atomic E-state index is 14.0. The molecule has 0 N–H and O–H groups in total. The monoisotopic (exact) mass is 303 g/mol. The van der Waals surface area contributed by atoms with Gasteiger partial charge in [0.05, 0.1) is 11.6 Å². The van der Waals surface area contributed by atoms with E-state index < -0.39 is 5.82 Å². The van der Waals surface area contributed by atoms with Crippen LogP contribution in [0.5, 0.6) is 0 Å². The highest BCUT2D eigenvalue weighted by molar-refractivity contribution is 7.10. The smallest absolute Gasteiger partial charge is 0.257 e. The third-order valence-corrected chi connectivity index (χ3v) is 5.09. The van der Waals surface area contributed by atoms with Crippen LogP contribution in [0.25, 0.3) is 0 Å². The number of rotatable bonds is 2. The Balaban J connectivity index is 1.96. The lowest BCUT2D eigenvalue weighted by Gasteiger charge is -2.35. The number of hydrogen-bond acceptors (Lipinski definition) is 2. The topological polar surface area (TPSA) is 20.3 Å². The second-order valence-corrected chi connectivity index (χ2v) is 6.46. The van der Waals surface area contributed by atoms with Crippen molar-refractivity contribution in [3.05, 3.63) is 57.0 Å². The number of nitrogens with zero attached hydrogens (tertiary/aromatic N) is 1. The lowest BCUT2D eigenvalue weighted by molar-refractivity contribution is 0.0652. The molecule has 1 aromatic heterocycles. The zero-order valence-corrected chi connectivity index (χ0v) is 13.0. The van der Waals surface area contributed by atoms with Gasteiger partial charge in [0.1, 0.15) is 5.82 Å². The first-order chi connectivity index (χ1) is 10.1. The number of carbonyl (C=O) groups is 1. The van der Waals surface area contributed by atoms with Crippen molar-refractivity contribution >= 4 is 17.2 Å². The van der Waals surface area contributed by atoms with Crippen LogP contribution in [-0.2, 0) is 6.42 Å². The molecule has 0 saturated heterocycles. The molecular formula is C17H18FNOS. The van der Waals surface area contributed by atoms with Gasteiger partial charge in [-0.1, -0.05) is 18.6 Å². The lowest BCUT2D eigenvalue weighted by atomic mass is 9.96. The van der Waals surface area contributed by atoms with Gasteiger partial charge in [-0.25, -0.2) is 4.39 Å². The van der Waals surface area contributed by atoms with Crippen LogP contribution in [0, 0.1) is 12.7 Å². The minimum Gasteiger partial charge on any atom is -0.331 e. The first-order valence-electron chi connectivity index (χ1n) is 7.25. The third-order valence-electron chi connectivity index (χ3n) is 4.09. The van der Waals surface area contributed by atoms with Crippen molar-refractivity contribution in [2.45, 2.75) is 32.7 Å². The zero-order chi connectivity index (χ0) is 15.0. The maximum atomic E-state index is 14.0. The summed E-state index contributed by atoms with van der Waals surface area (Å²) in [4.78, 5) is 15.9. The molecule has 1 atom stereocenters. The largest absolute Gasteiger partial charge is 0.331 e. The molecule has 0 spiro atoms. The summed E-state index contributed by atoms with van der Waals surface area (Å²) < 4.78 is 14.0. The molecule has 2 nitrogen and oxygen atoms in total. The highest BCUT2D eigenvalue weighted by atomic mass is 32.1. The highest BCUT2D eigenvalue weighted by Gasteiger charge is 2.31. The average Bonchev–Trinajstić information content (AvgIpc) is 2.96. The highest BCUT2D eigenvalue weighted by Crippen LogP contribution is 2.36.